The van der Waals surface area contributed by atoms with Crippen molar-refractivity contribution in [3.63, 3.8) is 0 Å². The highest BCUT2D eigenvalue weighted by atomic mass is 16.5. The number of hydrogen-bond acceptors (Lipinski definition) is 4. The second-order valence-corrected chi connectivity index (χ2v) is 5.68. The van der Waals surface area contributed by atoms with E-state index in [0.29, 0.717) is 35.6 Å². The van der Waals surface area contributed by atoms with Crippen LogP contribution in [0, 0.1) is 0 Å². The maximum Gasteiger partial charge on any atom is 0.251 e. The summed E-state index contributed by atoms with van der Waals surface area (Å²) in [6, 6.07) is 5.94. The molecule has 0 atom stereocenters. The first kappa shape index (κ1) is 17.3. The number of nitrogens with two attached hydrogens (primary N) is 1. The van der Waals surface area contributed by atoms with E-state index in [2.05, 4.69) is 37.9 Å². The van der Waals surface area contributed by atoms with Crippen molar-refractivity contribution >= 4 is 11.6 Å². The average Bonchev–Trinajstić information content (AvgIpc) is 2.41. The van der Waals surface area contributed by atoms with Gasteiger partial charge in [-0.15, -0.1) is 0 Å². The minimum Gasteiger partial charge on any atom is -0.497 e. The van der Waals surface area contributed by atoms with E-state index in [-0.39, 0.29) is 5.91 Å². The lowest BCUT2D eigenvalue weighted by molar-refractivity contribution is 0.0939. The first-order valence-electron chi connectivity index (χ1n) is 7.33. The molecule has 5 nitrogen and oxygen atoms in total. The molecule has 0 aromatic heterocycles. The normalized spacial score (nSPS) is 11.2. The van der Waals surface area contributed by atoms with Gasteiger partial charge in [0.05, 0.1) is 7.11 Å². The van der Waals surface area contributed by atoms with Gasteiger partial charge in [-0.25, -0.2) is 0 Å². The number of hydrogen-bond donors (Lipinski definition) is 2. The zero-order chi connectivity index (χ0) is 16.0. The van der Waals surface area contributed by atoms with Gasteiger partial charge in [-0.1, -0.05) is 0 Å². The molecule has 1 amide bonds. The number of anilines is 1. The first-order valence-corrected chi connectivity index (χ1v) is 7.33. The second-order valence-electron chi connectivity index (χ2n) is 5.68. The van der Waals surface area contributed by atoms with E-state index in [1.54, 1.807) is 25.3 Å². The third-order valence-electron chi connectivity index (χ3n) is 3.41. The van der Waals surface area contributed by atoms with Crippen molar-refractivity contribution in [1.82, 2.24) is 10.2 Å². The summed E-state index contributed by atoms with van der Waals surface area (Å²) < 4.78 is 5.12. The van der Waals surface area contributed by atoms with Gasteiger partial charge in [-0.05, 0) is 39.8 Å². The summed E-state index contributed by atoms with van der Waals surface area (Å²) in [6.07, 6.45) is 0. The molecule has 0 saturated carbocycles. The summed E-state index contributed by atoms with van der Waals surface area (Å²) >= 11 is 0. The van der Waals surface area contributed by atoms with Crippen LogP contribution in [0.3, 0.4) is 0 Å². The Bertz CT molecular complexity index is 465. The van der Waals surface area contributed by atoms with Gasteiger partial charge in [0.25, 0.3) is 5.91 Å². The Morgan fingerprint density at radius 2 is 1.86 bits per heavy atom. The highest BCUT2D eigenvalue weighted by molar-refractivity contribution is 5.95. The molecule has 0 aliphatic rings. The number of carbonyl (C=O) groups is 1. The third-order valence-corrected chi connectivity index (χ3v) is 3.41. The molecule has 1 aromatic rings. The number of methoxy groups -OCH3 is 1. The summed E-state index contributed by atoms with van der Waals surface area (Å²) in [5.41, 5.74) is 6.80. The minimum atomic E-state index is -0.131. The molecule has 0 spiro atoms. The van der Waals surface area contributed by atoms with Crippen LogP contribution in [0.1, 0.15) is 38.1 Å². The number of amides is 1. The molecule has 1 rings (SSSR count). The Morgan fingerprint density at radius 1 is 1.24 bits per heavy atom. The average molecular weight is 293 g/mol. The van der Waals surface area contributed by atoms with Gasteiger partial charge in [0.15, 0.2) is 0 Å². The van der Waals surface area contributed by atoms with Crippen LogP contribution in [0.4, 0.5) is 5.69 Å². The smallest absolute Gasteiger partial charge is 0.251 e. The summed E-state index contributed by atoms with van der Waals surface area (Å²) in [7, 11) is 1.56. The number of nitrogen functional groups attached to an aromatic ring is 1. The molecule has 21 heavy (non-hydrogen) atoms. The third kappa shape index (κ3) is 5.27. The molecule has 0 unspecified atom stereocenters. The molecular formula is C16H27N3O2. The molecular weight excluding hydrogens is 266 g/mol. The van der Waals surface area contributed by atoms with Crippen LogP contribution < -0.4 is 15.8 Å². The Hall–Kier alpha value is -1.75. The predicted molar refractivity (Wildman–Crippen MR) is 86.7 cm³/mol. The van der Waals surface area contributed by atoms with E-state index in [4.69, 9.17) is 10.5 Å². The molecule has 118 valence electrons. The Balaban J connectivity index is 2.60. The van der Waals surface area contributed by atoms with Crippen LogP contribution >= 0.6 is 0 Å². The van der Waals surface area contributed by atoms with Gasteiger partial charge in [0, 0.05) is 42.5 Å². The fraction of sp³-hybridized carbons (Fsp3) is 0.562. The van der Waals surface area contributed by atoms with Crippen molar-refractivity contribution in [2.45, 2.75) is 39.8 Å². The zero-order valence-electron chi connectivity index (χ0n) is 13.6. The number of benzene rings is 1. The molecule has 0 heterocycles. The molecule has 3 N–H and O–H groups in total. The van der Waals surface area contributed by atoms with Gasteiger partial charge < -0.3 is 15.8 Å². The number of ether oxygens (including phenoxy) is 1. The van der Waals surface area contributed by atoms with Crippen LogP contribution in [0.25, 0.3) is 0 Å². The van der Waals surface area contributed by atoms with Crippen molar-refractivity contribution in [1.29, 1.82) is 0 Å². The van der Waals surface area contributed by atoms with Crippen LogP contribution in [0.5, 0.6) is 5.75 Å². The first-order chi connectivity index (χ1) is 9.85. The number of carbonyl (C=O) groups excluding carboxylic acids is 1. The van der Waals surface area contributed by atoms with Crippen molar-refractivity contribution in [2.75, 3.05) is 25.9 Å². The van der Waals surface area contributed by atoms with Crippen LogP contribution in [-0.4, -0.2) is 43.1 Å². The zero-order valence-corrected chi connectivity index (χ0v) is 13.6. The van der Waals surface area contributed by atoms with E-state index in [9.17, 15) is 4.79 Å². The summed E-state index contributed by atoms with van der Waals surface area (Å²) in [6.45, 7) is 10.1. The van der Waals surface area contributed by atoms with Crippen molar-refractivity contribution < 1.29 is 9.53 Å². The molecule has 1 aromatic carbocycles. The number of rotatable bonds is 7. The van der Waals surface area contributed by atoms with Crippen LogP contribution in [-0.2, 0) is 0 Å². The number of nitrogens with one attached hydrogen (secondary N) is 1. The molecule has 0 fully saturated rings. The molecule has 0 radical (unpaired) electrons. The molecule has 0 saturated heterocycles. The maximum absolute atomic E-state index is 12.1. The van der Waals surface area contributed by atoms with Gasteiger partial charge in [0.2, 0.25) is 0 Å². The lowest BCUT2D eigenvalue weighted by atomic mass is 10.1. The maximum atomic E-state index is 12.1. The molecule has 0 aliphatic carbocycles. The molecule has 0 aliphatic heterocycles. The van der Waals surface area contributed by atoms with Gasteiger partial charge in [-0.2, -0.15) is 0 Å². The van der Waals surface area contributed by atoms with Gasteiger partial charge >= 0.3 is 0 Å². The molecule has 5 heteroatoms. The lowest BCUT2D eigenvalue weighted by Gasteiger charge is -2.30. The largest absolute Gasteiger partial charge is 0.497 e. The van der Waals surface area contributed by atoms with E-state index in [1.165, 1.54) is 0 Å². The van der Waals surface area contributed by atoms with Gasteiger partial charge in [0.1, 0.15) is 5.75 Å². The SMILES string of the molecule is COc1cc(N)cc(C(=O)NCCN(C(C)C)C(C)C)c1. The van der Waals surface area contributed by atoms with E-state index in [0.717, 1.165) is 6.54 Å². The predicted octanol–water partition coefficient (Wildman–Crippen LogP) is 2.13. The Labute approximate surface area is 127 Å². The van der Waals surface area contributed by atoms with Crippen LogP contribution in [0.2, 0.25) is 0 Å². The highest BCUT2D eigenvalue weighted by Crippen LogP contribution is 2.18. The van der Waals surface area contributed by atoms with Gasteiger partial charge in [-0.3, -0.25) is 9.69 Å². The summed E-state index contributed by atoms with van der Waals surface area (Å²) in [4.78, 5) is 14.5. The molecule has 0 bridgehead atoms. The highest BCUT2D eigenvalue weighted by Gasteiger charge is 2.14. The van der Waals surface area contributed by atoms with Crippen molar-refractivity contribution in [3.05, 3.63) is 23.8 Å². The minimum absolute atomic E-state index is 0.131. The fourth-order valence-corrected chi connectivity index (χ4v) is 2.38. The topological polar surface area (TPSA) is 67.6 Å². The van der Waals surface area contributed by atoms with Crippen molar-refractivity contribution in [2.24, 2.45) is 0 Å². The summed E-state index contributed by atoms with van der Waals surface area (Å²) in [5.74, 6) is 0.458. The quantitative estimate of drug-likeness (QED) is 0.756. The number of nitrogens with zero attached hydrogens (tertiary/aromatic N) is 1. The second kappa shape index (κ2) is 7.88. The Kier molecular flexibility index (Phi) is 6.49. The standard InChI is InChI=1S/C16H27N3O2/c1-11(2)19(12(3)4)7-6-18-16(20)13-8-14(17)10-15(9-13)21-5/h8-12H,6-7,17H2,1-5H3,(H,18,20). The van der Waals surface area contributed by atoms with E-state index in [1.807, 2.05) is 0 Å². The summed E-state index contributed by atoms with van der Waals surface area (Å²) in [5, 5.41) is 2.93. The van der Waals surface area contributed by atoms with Crippen LogP contribution in [0.15, 0.2) is 18.2 Å². The monoisotopic (exact) mass is 293 g/mol. The Morgan fingerprint density at radius 3 is 2.38 bits per heavy atom. The fourth-order valence-electron chi connectivity index (χ4n) is 2.38. The van der Waals surface area contributed by atoms with Crippen molar-refractivity contribution in [3.8, 4) is 5.75 Å². The van der Waals surface area contributed by atoms with E-state index < -0.39 is 0 Å². The lowest BCUT2D eigenvalue weighted by Crippen LogP contribution is -2.42. The van der Waals surface area contributed by atoms with E-state index >= 15 is 0 Å².